The number of aromatic nitrogens is 4. The summed E-state index contributed by atoms with van der Waals surface area (Å²) in [6, 6.07) is 0. The third kappa shape index (κ3) is 5.47. The summed E-state index contributed by atoms with van der Waals surface area (Å²) >= 11 is 0. The lowest BCUT2D eigenvalue weighted by Crippen LogP contribution is -2.43. The number of alkyl halides is 6. The third-order valence-electron chi connectivity index (χ3n) is 4.94. The molecule has 18 heteroatoms. The highest BCUT2D eigenvalue weighted by Crippen LogP contribution is 2.40. The normalized spacial score (nSPS) is 21.4. The van der Waals surface area contributed by atoms with Crippen LogP contribution in [0.15, 0.2) is 4.79 Å². The number of rotatable bonds is 6. The average molecular weight is 531 g/mol. The molecule has 0 amide bonds. The number of nitrogen functional groups attached to an aromatic ring is 1. The second-order valence-electron chi connectivity index (χ2n) is 7.64. The van der Waals surface area contributed by atoms with Gasteiger partial charge in [-0.3, -0.25) is 14.2 Å². The minimum Gasteiger partial charge on any atom is -0.479 e. The number of hydrogen-bond donors (Lipinski definition) is 1. The van der Waals surface area contributed by atoms with Crippen molar-refractivity contribution in [1.29, 1.82) is 0 Å². The van der Waals surface area contributed by atoms with Crippen molar-refractivity contribution in [2.75, 3.05) is 12.8 Å². The second-order valence-corrected chi connectivity index (χ2v) is 7.64. The number of hydrogen-bond acceptors (Lipinski definition) is 10. The summed E-state index contributed by atoms with van der Waals surface area (Å²) in [5.74, 6) is -3.39. The molecule has 2 aromatic rings. The summed E-state index contributed by atoms with van der Waals surface area (Å²) in [6.07, 6.45) is -19.2. The molecule has 0 bridgehead atoms. The summed E-state index contributed by atoms with van der Waals surface area (Å²) in [4.78, 5) is 43.4. The Morgan fingerprint density at radius 3 is 2.31 bits per heavy atom. The number of anilines is 1. The minimum absolute atomic E-state index is 0.169. The van der Waals surface area contributed by atoms with Crippen LogP contribution < -0.4 is 16.2 Å². The molecule has 0 aromatic carbocycles. The van der Waals surface area contributed by atoms with Gasteiger partial charge in [-0.1, -0.05) is 0 Å². The topological polar surface area (TPSA) is 150 Å². The van der Waals surface area contributed by atoms with Crippen LogP contribution in [0.4, 0.5) is 32.3 Å². The monoisotopic (exact) mass is 531 g/mol. The van der Waals surface area contributed by atoms with Crippen LogP contribution in [-0.4, -0.2) is 68.8 Å². The van der Waals surface area contributed by atoms with Crippen molar-refractivity contribution in [3.63, 3.8) is 0 Å². The predicted octanol–water partition coefficient (Wildman–Crippen LogP) is 1.46. The summed E-state index contributed by atoms with van der Waals surface area (Å²) in [6.45, 7) is -0.224. The Morgan fingerprint density at radius 1 is 1.17 bits per heavy atom. The average Bonchev–Trinajstić information content (AvgIpc) is 3.21. The van der Waals surface area contributed by atoms with Crippen molar-refractivity contribution < 1.29 is 54.9 Å². The Kier molecular flexibility index (Phi) is 7.11. The van der Waals surface area contributed by atoms with Gasteiger partial charge in [-0.05, 0) is 0 Å². The Bertz CT molecular complexity index is 1220. The van der Waals surface area contributed by atoms with E-state index in [0.29, 0.717) is 4.57 Å². The number of halogens is 6. The van der Waals surface area contributed by atoms with Crippen LogP contribution in [0.25, 0.3) is 11.2 Å². The Morgan fingerprint density at radius 2 is 1.81 bits per heavy atom. The van der Waals surface area contributed by atoms with Gasteiger partial charge in [0.25, 0.3) is 0 Å². The van der Waals surface area contributed by atoms with Crippen LogP contribution in [0.2, 0.25) is 0 Å². The van der Waals surface area contributed by atoms with E-state index < -0.39 is 90.5 Å². The van der Waals surface area contributed by atoms with Crippen LogP contribution in [0.1, 0.15) is 26.5 Å². The summed E-state index contributed by atoms with van der Waals surface area (Å²) in [5, 5.41) is 0. The molecule has 0 spiro atoms. The first-order chi connectivity index (χ1) is 16.5. The van der Waals surface area contributed by atoms with Gasteiger partial charge < -0.3 is 24.7 Å². The number of esters is 2. The molecule has 2 aromatic heterocycles. The summed E-state index contributed by atoms with van der Waals surface area (Å²) < 4.78 is 101. The molecule has 1 fully saturated rings. The van der Waals surface area contributed by atoms with Gasteiger partial charge in [0, 0.05) is 20.3 Å². The molecule has 1 saturated heterocycles. The zero-order chi connectivity index (χ0) is 27.2. The number of nitrogens with two attached hydrogens (primary N) is 1. The molecule has 3 rings (SSSR count). The van der Waals surface area contributed by atoms with E-state index in [1.54, 1.807) is 0 Å². The van der Waals surface area contributed by atoms with Crippen molar-refractivity contribution in [1.82, 2.24) is 19.1 Å². The van der Waals surface area contributed by atoms with Crippen LogP contribution >= 0.6 is 0 Å². The van der Waals surface area contributed by atoms with E-state index in [1.807, 2.05) is 0 Å². The fourth-order valence-electron chi connectivity index (χ4n) is 3.80. The predicted molar refractivity (Wildman–Crippen MR) is 104 cm³/mol. The maximum atomic E-state index is 13.6. The first kappa shape index (κ1) is 27.0. The maximum absolute atomic E-state index is 13.6. The van der Waals surface area contributed by atoms with E-state index in [4.69, 9.17) is 19.9 Å². The first-order valence-electron chi connectivity index (χ1n) is 9.99. The van der Waals surface area contributed by atoms with Crippen molar-refractivity contribution in [3.05, 3.63) is 10.5 Å². The maximum Gasteiger partial charge on any atom is 0.428 e. The molecule has 36 heavy (non-hydrogen) atoms. The molecule has 1 aliphatic heterocycles. The highest BCUT2D eigenvalue weighted by atomic mass is 19.4. The highest BCUT2D eigenvalue weighted by Gasteiger charge is 2.54. The molecule has 200 valence electrons. The quantitative estimate of drug-likeness (QED) is 0.429. The largest absolute Gasteiger partial charge is 0.479 e. The fourth-order valence-corrected chi connectivity index (χ4v) is 3.80. The zero-order valence-corrected chi connectivity index (χ0v) is 18.7. The number of fused-ring (bicyclic) bond motifs is 1. The standard InChI is InChI=1S/C18H19F6N5O7/c1-6(30)34-9-4-8(11(18(22,23)24)35-7(2)31)36-14(9)29-12-10(13(33-3)27-15(25)26-12)28(16(29)32)5-17(19,20)21/h8-9,11,14H,4-5H2,1-3H3,(H2,25,26,27)/t8?,9?,11-,14?/m1/s1. The Balaban J connectivity index is 2.23. The van der Waals surface area contributed by atoms with E-state index in [2.05, 4.69) is 14.7 Å². The molecule has 0 aliphatic carbocycles. The lowest BCUT2D eigenvalue weighted by atomic mass is 10.1. The van der Waals surface area contributed by atoms with Gasteiger partial charge in [-0.2, -0.15) is 36.3 Å². The number of imidazole rings is 1. The van der Waals surface area contributed by atoms with Crippen LogP contribution in [0.3, 0.4) is 0 Å². The van der Waals surface area contributed by atoms with Gasteiger partial charge in [0.1, 0.15) is 18.8 Å². The van der Waals surface area contributed by atoms with E-state index in [0.717, 1.165) is 21.0 Å². The van der Waals surface area contributed by atoms with Crippen LogP contribution in [-0.2, 0) is 30.3 Å². The van der Waals surface area contributed by atoms with Crippen LogP contribution in [0, 0.1) is 0 Å². The number of nitrogens with zero attached hydrogens (tertiary/aromatic N) is 4. The lowest BCUT2D eigenvalue weighted by molar-refractivity contribution is -0.248. The number of carbonyl (C=O) groups is 2. The van der Waals surface area contributed by atoms with Crippen LogP contribution in [0.5, 0.6) is 5.88 Å². The number of methoxy groups -OCH3 is 1. The molecule has 3 unspecified atom stereocenters. The zero-order valence-electron chi connectivity index (χ0n) is 18.7. The smallest absolute Gasteiger partial charge is 0.428 e. The van der Waals surface area contributed by atoms with Crippen molar-refractivity contribution >= 4 is 29.1 Å². The summed E-state index contributed by atoms with van der Waals surface area (Å²) in [5.41, 5.74) is 2.95. The van der Waals surface area contributed by atoms with Gasteiger partial charge in [-0.15, -0.1) is 0 Å². The van der Waals surface area contributed by atoms with E-state index in [-0.39, 0.29) is 4.57 Å². The Labute approximate surface area is 196 Å². The lowest BCUT2D eigenvalue weighted by Gasteiger charge is -2.25. The van der Waals surface area contributed by atoms with Gasteiger partial charge in [0.2, 0.25) is 17.9 Å². The minimum atomic E-state index is -5.14. The third-order valence-corrected chi connectivity index (χ3v) is 4.94. The van der Waals surface area contributed by atoms with E-state index >= 15 is 0 Å². The SMILES string of the molecule is COc1nc(N)nc2c1n(CC(F)(F)F)c(=O)n2C1OC([C@@H](OC(C)=O)C(F)(F)F)CC1OC(C)=O. The van der Waals surface area contributed by atoms with Gasteiger partial charge in [-0.25, -0.2) is 9.36 Å². The summed E-state index contributed by atoms with van der Waals surface area (Å²) in [7, 11) is 1.03. The second kappa shape index (κ2) is 9.47. The van der Waals surface area contributed by atoms with Crippen molar-refractivity contribution in [3.8, 4) is 5.88 Å². The molecular weight excluding hydrogens is 512 g/mol. The number of carbonyl (C=O) groups excluding carboxylic acids is 2. The molecule has 12 nitrogen and oxygen atoms in total. The van der Waals surface area contributed by atoms with Crippen molar-refractivity contribution in [2.24, 2.45) is 0 Å². The fraction of sp³-hybridized carbons (Fsp3) is 0.611. The highest BCUT2D eigenvalue weighted by molar-refractivity contribution is 5.78. The Hall–Kier alpha value is -3.57. The molecular formula is C18H19F6N5O7. The molecule has 0 radical (unpaired) electrons. The van der Waals surface area contributed by atoms with Gasteiger partial charge in [0.15, 0.2) is 17.4 Å². The molecule has 4 atom stereocenters. The van der Waals surface area contributed by atoms with Gasteiger partial charge >= 0.3 is 30.0 Å². The molecule has 2 N–H and O–H groups in total. The number of ether oxygens (including phenoxy) is 4. The van der Waals surface area contributed by atoms with E-state index in [9.17, 15) is 40.7 Å². The molecule has 3 heterocycles. The van der Waals surface area contributed by atoms with Crippen molar-refractivity contribution in [2.45, 2.75) is 63.7 Å². The first-order valence-corrected chi connectivity index (χ1v) is 9.99. The van der Waals surface area contributed by atoms with Gasteiger partial charge in [0.05, 0.1) is 7.11 Å². The van der Waals surface area contributed by atoms with E-state index in [1.165, 1.54) is 0 Å². The molecule has 1 aliphatic rings. The molecule has 0 saturated carbocycles.